The molecule has 0 bridgehead atoms. The van der Waals surface area contributed by atoms with Crippen molar-refractivity contribution in [3.63, 3.8) is 0 Å². The summed E-state index contributed by atoms with van der Waals surface area (Å²) in [6.45, 7) is 1.02. The summed E-state index contributed by atoms with van der Waals surface area (Å²) in [5.74, 6) is -0.871. The molecule has 0 aliphatic carbocycles. The van der Waals surface area contributed by atoms with E-state index in [-0.39, 0.29) is 31.0 Å². The second-order valence-electron chi connectivity index (χ2n) is 7.68. The number of carbonyl (C=O) groups excluding carboxylic acids is 3. The Hall–Kier alpha value is -2.79. The minimum Gasteiger partial charge on any atom is -0.326 e. The molecule has 1 saturated heterocycles. The van der Waals surface area contributed by atoms with Crippen LogP contribution >= 0.6 is 27.7 Å². The second-order valence-corrected chi connectivity index (χ2v) is 9.37. The van der Waals surface area contributed by atoms with Crippen molar-refractivity contribution in [2.75, 3.05) is 18.1 Å². The van der Waals surface area contributed by atoms with Crippen LogP contribution in [0.5, 0.6) is 0 Å². The van der Waals surface area contributed by atoms with Gasteiger partial charge in [-0.1, -0.05) is 6.07 Å². The number of nitrogens with one attached hydrogen (secondary N) is 1. The molecule has 2 atom stereocenters. The van der Waals surface area contributed by atoms with Crippen LogP contribution < -0.4 is 5.32 Å². The highest BCUT2D eigenvalue weighted by atomic mass is 79.9. The third-order valence-corrected chi connectivity index (χ3v) is 6.58. The number of hydrogen-bond donors (Lipinski definition) is 1. The van der Waals surface area contributed by atoms with Crippen LogP contribution in [0.3, 0.4) is 0 Å². The number of benzene rings is 1. The molecular weight excluding hydrogens is 513 g/mol. The van der Waals surface area contributed by atoms with E-state index in [0.717, 1.165) is 4.90 Å². The number of anilines is 1. The average Bonchev–Trinajstić information content (AvgIpc) is 3.34. The molecule has 33 heavy (non-hydrogen) atoms. The predicted octanol–water partition coefficient (Wildman–Crippen LogP) is 3.70. The quantitative estimate of drug-likeness (QED) is 0.295. The van der Waals surface area contributed by atoms with Gasteiger partial charge in [0.05, 0.1) is 12.1 Å². The van der Waals surface area contributed by atoms with Crippen LogP contribution in [-0.4, -0.2) is 62.3 Å². The van der Waals surface area contributed by atoms with Gasteiger partial charge in [0.1, 0.15) is 34.9 Å². The maximum Gasteiger partial charge on any atom is 0.248 e. The molecule has 2 aromatic heterocycles. The number of nitrogens with zero attached hydrogens (tertiary/aromatic N) is 4. The molecule has 0 spiro atoms. The van der Waals surface area contributed by atoms with Crippen molar-refractivity contribution in [1.82, 2.24) is 19.7 Å². The van der Waals surface area contributed by atoms with Crippen LogP contribution in [-0.2, 0) is 16.1 Å². The lowest BCUT2D eigenvalue weighted by Crippen LogP contribution is -2.44. The minimum absolute atomic E-state index is 0.0965. The number of rotatable bonds is 6. The number of likely N-dealkylation sites (tertiary alicyclic amines) is 1. The molecule has 8 nitrogen and oxygen atoms in total. The third-order valence-electron chi connectivity index (χ3n) is 5.42. The van der Waals surface area contributed by atoms with E-state index in [9.17, 15) is 18.8 Å². The van der Waals surface area contributed by atoms with Gasteiger partial charge >= 0.3 is 0 Å². The van der Waals surface area contributed by atoms with E-state index in [2.05, 4.69) is 31.3 Å². The monoisotopic (exact) mass is 533 g/mol. The number of thioether (sulfide) groups is 1. The first-order valence-electron chi connectivity index (χ1n) is 10.2. The Balaban J connectivity index is 1.58. The van der Waals surface area contributed by atoms with E-state index in [0.29, 0.717) is 21.3 Å². The van der Waals surface area contributed by atoms with Gasteiger partial charge < -0.3 is 10.2 Å². The fourth-order valence-corrected chi connectivity index (χ4v) is 4.65. The Labute approximate surface area is 202 Å². The van der Waals surface area contributed by atoms with Gasteiger partial charge in [-0.15, -0.1) is 11.8 Å². The highest BCUT2D eigenvalue weighted by molar-refractivity contribution is 9.10. The van der Waals surface area contributed by atoms with E-state index in [1.165, 1.54) is 28.3 Å². The Morgan fingerprint density at radius 2 is 2.06 bits per heavy atom. The lowest BCUT2D eigenvalue weighted by atomic mass is 10.1. The minimum atomic E-state index is -1.31. The van der Waals surface area contributed by atoms with Crippen LogP contribution in [0.2, 0.25) is 0 Å². The average molecular weight is 534 g/mol. The van der Waals surface area contributed by atoms with E-state index in [1.807, 2.05) is 18.4 Å². The van der Waals surface area contributed by atoms with Crippen LogP contribution in [0.25, 0.3) is 10.9 Å². The standard InChI is InChI=1S/C22H21BrFN5O3S/c1-12(30)21-15-7-6-14(33-2)9-16(15)29(27-21)11-20(31)28-10-13(24)8-17(28)22(32)26-19-5-3-4-18(23)25-19/h3-7,9,13,17H,8,10-11H2,1-2H3,(H,25,26,32)/t13-,17+/m1/s1. The molecule has 3 heterocycles. The Morgan fingerprint density at radius 3 is 2.76 bits per heavy atom. The molecule has 1 aliphatic rings. The van der Waals surface area contributed by atoms with Crippen LogP contribution in [0.4, 0.5) is 10.2 Å². The normalized spacial score (nSPS) is 18.0. The summed E-state index contributed by atoms with van der Waals surface area (Å²) in [5, 5.41) is 7.64. The largest absolute Gasteiger partial charge is 0.326 e. The fraction of sp³-hybridized carbons (Fsp3) is 0.318. The lowest BCUT2D eigenvalue weighted by molar-refractivity contribution is -0.137. The number of pyridine rings is 1. The van der Waals surface area contributed by atoms with E-state index < -0.39 is 24.0 Å². The number of carbonyl (C=O) groups is 3. The zero-order valence-corrected chi connectivity index (χ0v) is 20.3. The van der Waals surface area contributed by atoms with Gasteiger partial charge in [0.25, 0.3) is 0 Å². The molecule has 1 fully saturated rings. The third kappa shape index (κ3) is 4.93. The van der Waals surface area contributed by atoms with Gasteiger partial charge in [-0.25, -0.2) is 9.37 Å². The molecule has 11 heteroatoms. The van der Waals surface area contributed by atoms with Crippen LogP contribution in [0.15, 0.2) is 45.9 Å². The molecule has 1 aliphatic heterocycles. The smallest absolute Gasteiger partial charge is 0.248 e. The maximum absolute atomic E-state index is 14.3. The van der Waals surface area contributed by atoms with Crippen molar-refractivity contribution in [1.29, 1.82) is 0 Å². The summed E-state index contributed by atoms with van der Waals surface area (Å²) in [7, 11) is 0. The summed E-state index contributed by atoms with van der Waals surface area (Å²) in [5.41, 5.74) is 0.904. The SMILES string of the molecule is CSc1ccc2c(C(C)=O)nn(CC(=O)N3C[C@H](F)C[C@H]3C(=O)Nc3cccc(Br)n3)c2c1. The van der Waals surface area contributed by atoms with Crippen molar-refractivity contribution in [2.24, 2.45) is 0 Å². The molecule has 0 unspecified atom stereocenters. The molecule has 0 radical (unpaired) electrons. The van der Waals surface area contributed by atoms with Gasteiger partial charge in [0.15, 0.2) is 5.78 Å². The number of alkyl halides is 1. The van der Waals surface area contributed by atoms with Gasteiger partial charge in [0, 0.05) is 23.6 Å². The van der Waals surface area contributed by atoms with Crippen LogP contribution in [0, 0.1) is 0 Å². The summed E-state index contributed by atoms with van der Waals surface area (Å²) in [6.07, 6.45) is 0.514. The Bertz CT molecular complexity index is 1250. The molecular formula is C22H21BrFN5O3S. The number of amides is 2. The van der Waals surface area contributed by atoms with E-state index >= 15 is 0 Å². The molecule has 172 valence electrons. The predicted molar refractivity (Wildman–Crippen MR) is 127 cm³/mol. The van der Waals surface area contributed by atoms with Gasteiger partial charge in [-0.05, 0) is 52.5 Å². The number of ketones is 1. The van der Waals surface area contributed by atoms with Crippen molar-refractivity contribution in [3.8, 4) is 0 Å². The number of hydrogen-bond acceptors (Lipinski definition) is 6. The van der Waals surface area contributed by atoms with E-state index in [4.69, 9.17) is 0 Å². The fourth-order valence-electron chi connectivity index (χ4n) is 3.88. The highest BCUT2D eigenvalue weighted by Crippen LogP contribution is 2.27. The van der Waals surface area contributed by atoms with Gasteiger partial charge in [0.2, 0.25) is 11.8 Å². The maximum atomic E-state index is 14.3. The van der Waals surface area contributed by atoms with Gasteiger partial charge in [-0.3, -0.25) is 19.1 Å². The van der Waals surface area contributed by atoms with Crippen molar-refractivity contribution >= 4 is 62.0 Å². The molecule has 4 rings (SSSR count). The molecule has 1 aromatic carbocycles. The van der Waals surface area contributed by atoms with Crippen molar-refractivity contribution in [3.05, 3.63) is 46.7 Å². The number of halogens is 2. The Morgan fingerprint density at radius 1 is 1.27 bits per heavy atom. The van der Waals surface area contributed by atoms with E-state index in [1.54, 1.807) is 24.3 Å². The summed E-state index contributed by atoms with van der Waals surface area (Å²) >= 11 is 4.76. The first-order valence-corrected chi connectivity index (χ1v) is 12.2. The summed E-state index contributed by atoms with van der Waals surface area (Å²) < 4.78 is 16.3. The van der Waals surface area contributed by atoms with Crippen LogP contribution in [0.1, 0.15) is 23.8 Å². The second kappa shape index (κ2) is 9.60. The van der Waals surface area contributed by atoms with Gasteiger partial charge in [-0.2, -0.15) is 5.10 Å². The molecule has 2 amide bonds. The first kappa shape index (κ1) is 23.4. The molecule has 1 N–H and O–H groups in total. The summed E-state index contributed by atoms with van der Waals surface area (Å²) in [4.78, 5) is 44.4. The topological polar surface area (TPSA) is 97.2 Å². The highest BCUT2D eigenvalue weighted by Gasteiger charge is 2.40. The number of fused-ring (bicyclic) bond motifs is 1. The van der Waals surface area contributed by atoms with Crippen molar-refractivity contribution < 1.29 is 18.8 Å². The zero-order chi connectivity index (χ0) is 23.7. The number of aromatic nitrogens is 3. The lowest BCUT2D eigenvalue weighted by Gasteiger charge is -2.23. The first-order chi connectivity index (χ1) is 15.8. The number of Topliss-reactive ketones (excluding diaryl/α,β-unsaturated/α-hetero) is 1. The molecule has 3 aromatic rings. The molecule has 0 saturated carbocycles. The zero-order valence-electron chi connectivity index (χ0n) is 17.9. The summed E-state index contributed by atoms with van der Waals surface area (Å²) in [6, 6.07) is 9.62. The Kier molecular flexibility index (Phi) is 6.80. The van der Waals surface area contributed by atoms with Crippen molar-refractivity contribution in [2.45, 2.75) is 37.0 Å².